The van der Waals surface area contributed by atoms with Crippen LogP contribution in [0, 0.1) is 0 Å². The van der Waals surface area contributed by atoms with E-state index < -0.39 is 0 Å². The normalized spacial score (nSPS) is 15.1. The molecule has 0 bridgehead atoms. The molecule has 0 aromatic heterocycles. The zero-order valence-corrected chi connectivity index (χ0v) is 24.8. The topological polar surface area (TPSA) is 66.8 Å². The third kappa shape index (κ3) is 7.43. The number of ether oxygens (including phenoxy) is 1. The van der Waals surface area contributed by atoms with Crippen LogP contribution in [0.1, 0.15) is 96.8 Å². The molecule has 1 aliphatic heterocycles. The zero-order chi connectivity index (χ0) is 28.1. The molecule has 0 fully saturated rings. The third-order valence-corrected chi connectivity index (χ3v) is 7.95. The lowest BCUT2D eigenvalue weighted by Gasteiger charge is -2.31. The van der Waals surface area contributed by atoms with Crippen LogP contribution in [-0.4, -0.2) is 30.6 Å². The molecule has 1 aliphatic rings. The van der Waals surface area contributed by atoms with Crippen molar-refractivity contribution in [1.82, 2.24) is 0 Å². The summed E-state index contributed by atoms with van der Waals surface area (Å²) in [6.45, 7) is 13.2. The molecule has 0 unspecified atom stereocenters. The van der Waals surface area contributed by atoms with Crippen molar-refractivity contribution in [2.45, 2.75) is 95.8 Å². The number of carbonyl (C=O) groups excluding carboxylic acids is 2. The van der Waals surface area contributed by atoms with Crippen LogP contribution in [0.15, 0.2) is 46.2 Å². The van der Waals surface area contributed by atoms with Crippen molar-refractivity contribution in [1.29, 1.82) is 0 Å². The van der Waals surface area contributed by atoms with Crippen molar-refractivity contribution >= 4 is 35.4 Å². The molecule has 0 aliphatic carbocycles. The van der Waals surface area contributed by atoms with Crippen LogP contribution in [0.3, 0.4) is 0 Å². The highest BCUT2D eigenvalue weighted by molar-refractivity contribution is 8.04. The van der Waals surface area contributed by atoms with Gasteiger partial charge in [-0.15, -0.1) is 0 Å². The SMILES string of the molecule is COC(=O)CCCCCCCN1C(=O)C(=Cc2cc(C(C)(C)C)c(O)c(C(C)(C)C)c2)Sc2ccccc21. The second-order valence-corrected chi connectivity index (χ2v) is 13.2. The first-order chi connectivity index (χ1) is 17.8. The highest BCUT2D eigenvalue weighted by Crippen LogP contribution is 2.44. The highest BCUT2D eigenvalue weighted by atomic mass is 32.2. The molecule has 1 heterocycles. The summed E-state index contributed by atoms with van der Waals surface area (Å²) in [6, 6.07) is 12.1. The van der Waals surface area contributed by atoms with E-state index in [4.69, 9.17) is 4.74 Å². The number of unbranched alkanes of at least 4 members (excludes halogenated alkanes) is 4. The summed E-state index contributed by atoms with van der Waals surface area (Å²) in [5.74, 6) is 0.200. The van der Waals surface area contributed by atoms with Gasteiger partial charge in [0.2, 0.25) is 0 Å². The predicted molar refractivity (Wildman–Crippen MR) is 158 cm³/mol. The number of phenolic OH excluding ortho intramolecular Hbond substituents is 1. The Morgan fingerprint density at radius 2 is 1.53 bits per heavy atom. The van der Waals surface area contributed by atoms with Crippen molar-refractivity contribution < 1.29 is 19.4 Å². The van der Waals surface area contributed by atoms with Gasteiger partial charge in [0.1, 0.15) is 5.75 Å². The number of benzene rings is 2. The summed E-state index contributed by atoms with van der Waals surface area (Å²) in [5.41, 5.74) is 3.18. The third-order valence-electron chi connectivity index (χ3n) is 6.87. The number of hydrogen-bond acceptors (Lipinski definition) is 5. The number of carbonyl (C=O) groups is 2. The number of anilines is 1. The maximum Gasteiger partial charge on any atom is 0.305 e. The first kappa shape index (κ1) is 29.8. The molecule has 0 spiro atoms. The molecule has 2 aromatic rings. The summed E-state index contributed by atoms with van der Waals surface area (Å²) in [6.07, 6.45) is 7.18. The summed E-state index contributed by atoms with van der Waals surface area (Å²) in [7, 11) is 1.42. The highest BCUT2D eigenvalue weighted by Gasteiger charge is 2.30. The molecule has 1 N–H and O–H groups in total. The van der Waals surface area contributed by atoms with Gasteiger partial charge in [0, 0.05) is 29.0 Å². The van der Waals surface area contributed by atoms with Crippen LogP contribution < -0.4 is 4.90 Å². The van der Waals surface area contributed by atoms with Gasteiger partial charge >= 0.3 is 5.97 Å². The Labute approximate surface area is 232 Å². The Bertz CT molecular complexity index is 1150. The fourth-order valence-corrected chi connectivity index (χ4v) is 5.75. The average Bonchev–Trinajstić information content (AvgIpc) is 2.84. The van der Waals surface area contributed by atoms with Gasteiger partial charge in [0.25, 0.3) is 5.91 Å². The molecule has 3 rings (SSSR count). The first-order valence-corrected chi connectivity index (χ1v) is 14.4. The Morgan fingerprint density at radius 3 is 2.13 bits per heavy atom. The van der Waals surface area contributed by atoms with Crippen LogP contribution in [0.2, 0.25) is 0 Å². The molecule has 38 heavy (non-hydrogen) atoms. The lowest BCUT2D eigenvalue weighted by Crippen LogP contribution is -2.35. The first-order valence-electron chi connectivity index (χ1n) is 13.6. The number of fused-ring (bicyclic) bond motifs is 1. The van der Waals surface area contributed by atoms with Crippen molar-refractivity contribution in [3.8, 4) is 5.75 Å². The average molecular weight is 538 g/mol. The van der Waals surface area contributed by atoms with E-state index in [9.17, 15) is 14.7 Å². The lowest BCUT2D eigenvalue weighted by molar-refractivity contribution is -0.140. The molecule has 0 radical (unpaired) electrons. The van der Waals surface area contributed by atoms with Crippen LogP contribution in [0.25, 0.3) is 6.08 Å². The number of amides is 1. The maximum atomic E-state index is 13.7. The zero-order valence-electron chi connectivity index (χ0n) is 24.0. The largest absolute Gasteiger partial charge is 0.507 e. The number of nitrogens with zero attached hydrogens (tertiary/aromatic N) is 1. The number of phenols is 1. The summed E-state index contributed by atoms with van der Waals surface area (Å²) in [4.78, 5) is 28.7. The van der Waals surface area contributed by atoms with E-state index in [-0.39, 0.29) is 22.7 Å². The van der Waals surface area contributed by atoms with E-state index in [1.807, 2.05) is 41.3 Å². The van der Waals surface area contributed by atoms with Gasteiger partial charge in [0.05, 0.1) is 17.7 Å². The molecule has 0 saturated carbocycles. The van der Waals surface area contributed by atoms with E-state index in [2.05, 4.69) is 47.6 Å². The smallest absolute Gasteiger partial charge is 0.305 e. The minimum atomic E-state index is -0.238. The predicted octanol–water partition coefficient (Wildman–Crippen LogP) is 7.98. The number of hydrogen-bond donors (Lipinski definition) is 1. The minimum Gasteiger partial charge on any atom is -0.507 e. The molecule has 0 saturated heterocycles. The molecular weight excluding hydrogens is 494 g/mol. The standard InChI is InChI=1S/C32H43NO4S/c1-31(2,3)23-19-22(20-24(29(23)35)32(4,5)6)21-27-30(36)33(25-15-12-13-16-26(25)38-27)18-14-10-8-9-11-17-28(34)37-7/h12-13,15-16,19-21,35H,8-11,14,17-18H2,1-7H3. The molecule has 2 aromatic carbocycles. The number of aromatic hydroxyl groups is 1. The van der Waals surface area contributed by atoms with E-state index >= 15 is 0 Å². The van der Waals surface area contributed by atoms with Crippen LogP contribution in [-0.2, 0) is 25.2 Å². The second kappa shape index (κ2) is 12.4. The Hall–Kier alpha value is -2.73. The summed E-state index contributed by atoms with van der Waals surface area (Å²) >= 11 is 1.51. The number of methoxy groups -OCH3 is 1. The number of thioether (sulfide) groups is 1. The van der Waals surface area contributed by atoms with Gasteiger partial charge in [-0.1, -0.05) is 84.7 Å². The Morgan fingerprint density at radius 1 is 0.947 bits per heavy atom. The quantitative estimate of drug-likeness (QED) is 0.199. The number of esters is 1. The van der Waals surface area contributed by atoms with Crippen LogP contribution in [0.4, 0.5) is 5.69 Å². The van der Waals surface area contributed by atoms with Gasteiger partial charge in [-0.3, -0.25) is 9.59 Å². The van der Waals surface area contributed by atoms with Gasteiger partial charge in [0.15, 0.2) is 0 Å². The Kier molecular flexibility index (Phi) is 9.74. The van der Waals surface area contributed by atoms with E-state index in [1.165, 1.54) is 18.9 Å². The maximum absolute atomic E-state index is 13.7. The van der Waals surface area contributed by atoms with Crippen molar-refractivity contribution in [2.24, 2.45) is 0 Å². The number of para-hydroxylation sites is 1. The monoisotopic (exact) mass is 537 g/mol. The van der Waals surface area contributed by atoms with Crippen LogP contribution in [0.5, 0.6) is 5.75 Å². The summed E-state index contributed by atoms with van der Waals surface area (Å²) < 4.78 is 4.70. The molecule has 6 heteroatoms. The van der Waals surface area contributed by atoms with Crippen molar-refractivity contribution in [3.63, 3.8) is 0 Å². The fraction of sp³-hybridized carbons (Fsp3) is 0.500. The molecule has 0 atom stereocenters. The van der Waals surface area contributed by atoms with Gasteiger partial charge < -0.3 is 14.7 Å². The van der Waals surface area contributed by atoms with Gasteiger partial charge in [-0.2, -0.15) is 0 Å². The summed E-state index contributed by atoms with van der Waals surface area (Å²) in [5, 5.41) is 11.1. The van der Waals surface area contributed by atoms with E-state index in [1.54, 1.807) is 0 Å². The number of rotatable bonds is 9. The Balaban J connectivity index is 1.84. The lowest BCUT2D eigenvalue weighted by atomic mass is 9.78. The second-order valence-electron chi connectivity index (χ2n) is 12.1. The minimum absolute atomic E-state index is 0.0158. The van der Waals surface area contributed by atoms with E-state index in [0.29, 0.717) is 23.6 Å². The molecular formula is C32H43NO4S. The van der Waals surface area contributed by atoms with E-state index in [0.717, 1.165) is 59.4 Å². The molecule has 5 nitrogen and oxygen atoms in total. The van der Waals surface area contributed by atoms with Crippen molar-refractivity contribution in [3.05, 3.63) is 58.0 Å². The molecule has 206 valence electrons. The van der Waals surface area contributed by atoms with Gasteiger partial charge in [-0.25, -0.2) is 0 Å². The molecule has 1 amide bonds. The fourth-order valence-electron chi connectivity index (χ4n) is 4.69. The van der Waals surface area contributed by atoms with Crippen molar-refractivity contribution in [2.75, 3.05) is 18.6 Å². The van der Waals surface area contributed by atoms with Crippen LogP contribution >= 0.6 is 11.8 Å². The van der Waals surface area contributed by atoms with Gasteiger partial charge in [-0.05, 0) is 59.6 Å².